The van der Waals surface area contributed by atoms with E-state index in [9.17, 15) is 0 Å². The Morgan fingerprint density at radius 2 is 2.08 bits per heavy atom. The van der Waals surface area contributed by atoms with E-state index in [1.807, 2.05) is 6.07 Å². The molecule has 0 aliphatic heterocycles. The zero-order valence-electron chi connectivity index (χ0n) is 6.67. The maximum atomic E-state index is 8.98. The monoisotopic (exact) mass is 399 g/mol. The third-order valence-corrected chi connectivity index (χ3v) is 1.38. The summed E-state index contributed by atoms with van der Waals surface area (Å²) in [4.78, 5) is 0. The Hall–Kier alpha value is -0.290. The summed E-state index contributed by atoms with van der Waals surface area (Å²) < 4.78 is 0. The number of hydrogen-bond acceptors (Lipinski definition) is 2. The van der Waals surface area contributed by atoms with Gasteiger partial charge in [-0.25, -0.2) is 0 Å². The molecule has 0 atom stereocenters. The van der Waals surface area contributed by atoms with E-state index in [0.29, 0.717) is 5.56 Å². The van der Waals surface area contributed by atoms with Gasteiger partial charge in [-0.3, -0.25) is 0 Å². The number of halogens is 2. The molecule has 0 saturated carbocycles. The van der Waals surface area contributed by atoms with Crippen LogP contribution in [0.15, 0.2) is 24.8 Å². The van der Waals surface area contributed by atoms with Crippen LogP contribution >= 0.6 is 37.2 Å². The van der Waals surface area contributed by atoms with Crippen molar-refractivity contribution in [3.63, 3.8) is 0 Å². The summed E-state index contributed by atoms with van der Waals surface area (Å²) in [7, 11) is 0. The second kappa shape index (κ2) is 7.15. The van der Waals surface area contributed by atoms with Crippen molar-refractivity contribution in [3.05, 3.63) is 35.9 Å². The molecule has 0 aliphatic rings. The Bertz CT molecular complexity index is 331. The quantitative estimate of drug-likeness (QED) is 0.733. The summed E-state index contributed by atoms with van der Waals surface area (Å²) in [6.07, 6.45) is 1.58. The van der Waals surface area contributed by atoms with E-state index in [4.69, 9.17) is 10.4 Å². The van der Waals surface area contributed by atoms with E-state index in [1.54, 1.807) is 12.1 Å². The molecule has 0 aliphatic carbocycles. The minimum absolute atomic E-state index is 0.104. The zero-order chi connectivity index (χ0) is 10.3. The van der Waals surface area contributed by atoms with Gasteiger partial charge < -0.3 is 5.11 Å². The molecule has 0 bridgehead atoms. The van der Waals surface area contributed by atoms with Crippen molar-refractivity contribution in [1.82, 2.24) is 0 Å². The average Bonchev–Trinajstić information content (AvgIpc) is 2.20. The third kappa shape index (κ3) is 3.95. The summed E-state index contributed by atoms with van der Waals surface area (Å²) in [5.41, 5.74) is 1.19. The number of phenols is 1. The van der Waals surface area contributed by atoms with Crippen molar-refractivity contribution >= 4 is 43.3 Å². The first kappa shape index (κ1) is 12.7. The Morgan fingerprint density at radius 1 is 1.46 bits per heavy atom. The van der Waals surface area contributed by atoms with Crippen LogP contribution in [0.5, 0.6) is 5.75 Å². The molecule has 2 nitrogen and oxygen atoms in total. The lowest BCUT2D eigenvalue weighted by molar-refractivity contribution is 0.475. The van der Waals surface area contributed by atoms with Crippen LogP contribution in [-0.4, -0.2) is 5.11 Å². The van der Waals surface area contributed by atoms with Crippen LogP contribution in [-0.2, 0) is 0 Å². The fourth-order valence-corrected chi connectivity index (χ4v) is 0.819. The molecule has 1 N–H and O–H groups in total. The van der Waals surface area contributed by atoms with Crippen LogP contribution in [0.25, 0.3) is 6.08 Å². The van der Waals surface area contributed by atoms with Gasteiger partial charge in [0, 0.05) is 37.2 Å². The van der Waals surface area contributed by atoms with Gasteiger partial charge in [-0.1, -0.05) is 18.7 Å². The Labute approximate surface area is 101 Å². The SMILES string of the molecule is C=Cc1ccc(O)cc1C#N.II. The van der Waals surface area contributed by atoms with Gasteiger partial charge in [0.2, 0.25) is 0 Å². The normalized spacial score (nSPS) is 7.77. The number of rotatable bonds is 1. The molecule has 0 aromatic heterocycles. The number of phenolic OH excluding ortho intramolecular Hbond substituents is 1. The van der Waals surface area contributed by atoms with Crippen molar-refractivity contribution in [2.75, 3.05) is 0 Å². The molecule has 1 rings (SSSR count). The second-order valence-corrected chi connectivity index (χ2v) is 2.09. The number of nitriles is 1. The number of hydrogen-bond donors (Lipinski definition) is 1. The fourth-order valence-electron chi connectivity index (χ4n) is 0.819. The lowest BCUT2D eigenvalue weighted by atomic mass is 10.1. The van der Waals surface area contributed by atoms with Crippen molar-refractivity contribution in [3.8, 4) is 11.8 Å². The van der Waals surface area contributed by atoms with Gasteiger partial charge in [-0.15, -0.1) is 0 Å². The molecule has 0 heterocycles. The molecule has 0 fully saturated rings. The van der Waals surface area contributed by atoms with E-state index in [2.05, 4.69) is 43.8 Å². The first-order chi connectivity index (χ1) is 6.27. The molecule has 0 saturated heterocycles. The largest absolute Gasteiger partial charge is 0.508 e. The van der Waals surface area contributed by atoms with Gasteiger partial charge in [0.25, 0.3) is 0 Å². The third-order valence-electron chi connectivity index (χ3n) is 1.38. The highest BCUT2D eigenvalue weighted by atomic mass is 128. The highest BCUT2D eigenvalue weighted by Gasteiger charge is 1.97. The van der Waals surface area contributed by atoms with Crippen molar-refractivity contribution in [1.29, 1.82) is 5.26 Å². The standard InChI is InChI=1S/C9H7NO.I2/c1-2-7-3-4-9(11)5-8(7)6-10;1-2/h2-5,11H,1H2;. The molecule has 68 valence electrons. The predicted octanol–water partition coefficient (Wildman–Crippen LogP) is 3.68. The molecule has 1 aromatic carbocycles. The van der Waals surface area contributed by atoms with Crippen molar-refractivity contribution < 1.29 is 5.11 Å². The maximum absolute atomic E-state index is 8.98. The highest BCUT2D eigenvalue weighted by Crippen LogP contribution is 2.16. The molecule has 1 aromatic rings. The smallest absolute Gasteiger partial charge is 0.116 e. The molecule has 0 unspecified atom stereocenters. The van der Waals surface area contributed by atoms with E-state index in [-0.39, 0.29) is 5.75 Å². The van der Waals surface area contributed by atoms with Gasteiger partial charge in [0.15, 0.2) is 0 Å². The number of nitrogens with zero attached hydrogens (tertiary/aromatic N) is 1. The van der Waals surface area contributed by atoms with Gasteiger partial charge in [-0.05, 0) is 17.7 Å². The predicted molar refractivity (Wildman–Crippen MR) is 71.0 cm³/mol. The van der Waals surface area contributed by atoms with Gasteiger partial charge in [-0.2, -0.15) is 5.26 Å². The van der Waals surface area contributed by atoms with E-state index in [0.717, 1.165) is 5.56 Å². The summed E-state index contributed by atoms with van der Waals surface area (Å²) >= 11 is 4.24. The topological polar surface area (TPSA) is 44.0 Å². The molecular weight excluding hydrogens is 392 g/mol. The molecular formula is C9H7I2NO. The number of aromatic hydroxyl groups is 1. The maximum Gasteiger partial charge on any atom is 0.116 e. The zero-order valence-corrected chi connectivity index (χ0v) is 11.0. The minimum Gasteiger partial charge on any atom is -0.508 e. The van der Waals surface area contributed by atoms with Crippen LogP contribution in [0.4, 0.5) is 0 Å². The minimum atomic E-state index is 0.104. The van der Waals surface area contributed by atoms with Crippen LogP contribution < -0.4 is 0 Å². The molecule has 0 spiro atoms. The highest BCUT2D eigenvalue weighted by molar-refractivity contribution is 15.0. The summed E-state index contributed by atoms with van der Waals surface area (Å²) in [5, 5.41) is 17.5. The molecule has 0 amide bonds. The average molecular weight is 399 g/mol. The summed E-state index contributed by atoms with van der Waals surface area (Å²) in [5.74, 6) is 0.104. The van der Waals surface area contributed by atoms with Crippen molar-refractivity contribution in [2.45, 2.75) is 0 Å². The second-order valence-electron chi connectivity index (χ2n) is 2.09. The lowest BCUT2D eigenvalue weighted by Crippen LogP contribution is -1.79. The molecule has 0 radical (unpaired) electrons. The Kier molecular flexibility index (Phi) is 6.99. The lowest BCUT2D eigenvalue weighted by Gasteiger charge is -1.96. The summed E-state index contributed by atoms with van der Waals surface area (Å²) in [6, 6.07) is 6.55. The first-order valence-corrected chi connectivity index (χ1v) is 9.56. The van der Waals surface area contributed by atoms with E-state index in [1.165, 1.54) is 12.1 Å². The van der Waals surface area contributed by atoms with E-state index < -0.39 is 0 Å². The van der Waals surface area contributed by atoms with Gasteiger partial charge in [0.1, 0.15) is 5.75 Å². The Balaban J connectivity index is 0.000000671. The Morgan fingerprint density at radius 3 is 2.54 bits per heavy atom. The van der Waals surface area contributed by atoms with Crippen LogP contribution in [0.2, 0.25) is 0 Å². The van der Waals surface area contributed by atoms with E-state index >= 15 is 0 Å². The van der Waals surface area contributed by atoms with Crippen LogP contribution in [0, 0.1) is 11.3 Å². The molecule has 4 heteroatoms. The van der Waals surface area contributed by atoms with Crippen molar-refractivity contribution in [2.24, 2.45) is 0 Å². The van der Waals surface area contributed by atoms with Crippen LogP contribution in [0.1, 0.15) is 11.1 Å². The fraction of sp³-hybridized carbons (Fsp3) is 0. The number of benzene rings is 1. The van der Waals surface area contributed by atoms with Crippen LogP contribution in [0.3, 0.4) is 0 Å². The van der Waals surface area contributed by atoms with Gasteiger partial charge >= 0.3 is 0 Å². The first-order valence-electron chi connectivity index (χ1n) is 3.28. The van der Waals surface area contributed by atoms with Gasteiger partial charge in [0.05, 0.1) is 11.6 Å². The molecule has 13 heavy (non-hydrogen) atoms. The summed E-state index contributed by atoms with van der Waals surface area (Å²) in [6.45, 7) is 3.54.